The lowest BCUT2D eigenvalue weighted by Crippen LogP contribution is -2.23. The second kappa shape index (κ2) is 5.29. The lowest BCUT2D eigenvalue weighted by Gasteiger charge is -2.24. The molecule has 0 fully saturated rings. The molecule has 20 heavy (non-hydrogen) atoms. The van der Waals surface area contributed by atoms with Crippen LogP contribution in [0.2, 0.25) is 0 Å². The number of aryl methyl sites for hydroxylation is 1. The van der Waals surface area contributed by atoms with E-state index in [9.17, 15) is 9.50 Å². The summed E-state index contributed by atoms with van der Waals surface area (Å²) in [5, 5.41) is 9.62. The minimum Gasteiger partial charge on any atom is -0.389 e. The number of aliphatic hydroxyl groups is 1. The van der Waals surface area contributed by atoms with Gasteiger partial charge in [-0.2, -0.15) is 0 Å². The van der Waals surface area contributed by atoms with Gasteiger partial charge in [-0.1, -0.05) is 12.1 Å². The van der Waals surface area contributed by atoms with E-state index >= 15 is 0 Å². The number of benzene rings is 1. The number of hydrogen-bond donors (Lipinski definition) is 1. The highest BCUT2D eigenvalue weighted by Gasteiger charge is 2.27. The van der Waals surface area contributed by atoms with Gasteiger partial charge in [-0.25, -0.2) is 14.4 Å². The van der Waals surface area contributed by atoms with Crippen LogP contribution in [0.3, 0.4) is 0 Å². The summed E-state index contributed by atoms with van der Waals surface area (Å²) in [4.78, 5) is 8.87. The summed E-state index contributed by atoms with van der Waals surface area (Å²) in [6.07, 6.45) is 1.08. The first-order chi connectivity index (χ1) is 9.32. The lowest BCUT2D eigenvalue weighted by molar-refractivity contribution is 0.197. The van der Waals surface area contributed by atoms with Gasteiger partial charge >= 0.3 is 0 Å². The summed E-state index contributed by atoms with van der Waals surface area (Å²) in [5.74, 6) is 0.400. The molecule has 1 unspecified atom stereocenters. The second-order valence-corrected chi connectivity index (χ2v) is 5.54. The van der Waals surface area contributed by atoms with Gasteiger partial charge < -0.3 is 5.11 Å². The Labute approximate surface area is 118 Å². The van der Waals surface area contributed by atoms with Crippen molar-refractivity contribution in [3.63, 3.8) is 0 Å². The molecule has 0 bridgehead atoms. The summed E-state index contributed by atoms with van der Waals surface area (Å²) >= 11 is 0. The second-order valence-electron chi connectivity index (χ2n) is 5.54. The molecule has 106 valence electrons. The average Bonchev–Trinajstić information content (AvgIpc) is 2.38. The molecule has 0 radical (unpaired) electrons. The van der Waals surface area contributed by atoms with Gasteiger partial charge in [0.2, 0.25) is 0 Å². The number of aromatic nitrogens is 2. The molecule has 1 aromatic heterocycles. The maximum absolute atomic E-state index is 13.0. The predicted octanol–water partition coefficient (Wildman–Crippen LogP) is 3.30. The van der Waals surface area contributed by atoms with Gasteiger partial charge in [0, 0.05) is 22.9 Å². The molecule has 3 nitrogen and oxygen atoms in total. The fourth-order valence-corrected chi connectivity index (χ4v) is 2.18. The minimum absolute atomic E-state index is 0.258. The van der Waals surface area contributed by atoms with Crippen LogP contribution in [0.5, 0.6) is 0 Å². The molecule has 1 aromatic carbocycles. The zero-order valence-electron chi connectivity index (χ0n) is 12.2. The Balaban J connectivity index is 2.44. The van der Waals surface area contributed by atoms with Crippen molar-refractivity contribution in [1.29, 1.82) is 0 Å². The number of halogens is 1. The van der Waals surface area contributed by atoms with Crippen LogP contribution in [0.25, 0.3) is 0 Å². The third-order valence-corrected chi connectivity index (χ3v) is 3.59. The van der Waals surface area contributed by atoms with Gasteiger partial charge in [-0.3, -0.25) is 0 Å². The Hall–Kier alpha value is -1.81. The molecule has 0 aliphatic heterocycles. The summed E-state index contributed by atoms with van der Waals surface area (Å²) < 4.78 is 13.0. The fraction of sp³-hybridized carbons (Fsp3) is 0.375. The Morgan fingerprint density at radius 2 is 1.80 bits per heavy atom. The molecule has 1 N–H and O–H groups in total. The van der Waals surface area contributed by atoms with Crippen molar-refractivity contribution in [2.75, 3.05) is 0 Å². The Morgan fingerprint density at radius 3 is 2.30 bits per heavy atom. The van der Waals surface area contributed by atoms with Crippen LogP contribution in [0, 0.1) is 12.7 Å². The molecule has 0 spiro atoms. The van der Waals surface area contributed by atoms with E-state index < -0.39 is 11.5 Å². The highest BCUT2D eigenvalue weighted by Crippen LogP contribution is 2.29. The van der Waals surface area contributed by atoms with Crippen molar-refractivity contribution in [3.8, 4) is 0 Å². The largest absolute Gasteiger partial charge is 0.389 e. The first kappa shape index (κ1) is 14.6. The normalized spacial score (nSPS) is 13.3. The van der Waals surface area contributed by atoms with Crippen molar-refractivity contribution in [2.45, 2.75) is 39.2 Å². The summed E-state index contributed by atoms with van der Waals surface area (Å²) in [5.41, 5.74) is 2.02. The number of nitrogens with zero attached hydrogens (tertiary/aromatic N) is 2. The Kier molecular flexibility index (Phi) is 3.86. The van der Waals surface area contributed by atoms with Crippen LogP contribution in [-0.2, 0) is 5.41 Å². The molecule has 0 amide bonds. The molecule has 2 aromatic rings. The zero-order valence-corrected chi connectivity index (χ0v) is 12.2. The van der Waals surface area contributed by atoms with E-state index in [-0.39, 0.29) is 5.82 Å². The quantitative estimate of drug-likeness (QED) is 0.934. The van der Waals surface area contributed by atoms with E-state index in [1.165, 1.54) is 12.1 Å². The van der Waals surface area contributed by atoms with Gasteiger partial charge in [-0.05, 0) is 45.4 Å². The van der Waals surface area contributed by atoms with Crippen LogP contribution < -0.4 is 0 Å². The summed E-state index contributed by atoms with van der Waals surface area (Å²) in [6.45, 7) is 7.54. The molecular formula is C16H19FN2O. The summed E-state index contributed by atoms with van der Waals surface area (Å²) in [6, 6.07) is 6.37. The molecule has 0 aliphatic carbocycles. The minimum atomic E-state index is -0.585. The van der Waals surface area contributed by atoms with E-state index in [4.69, 9.17) is 0 Å². The maximum atomic E-state index is 13.0. The molecule has 0 saturated heterocycles. The Morgan fingerprint density at radius 1 is 1.20 bits per heavy atom. The van der Waals surface area contributed by atoms with Gasteiger partial charge in [0.25, 0.3) is 0 Å². The predicted molar refractivity (Wildman–Crippen MR) is 75.9 cm³/mol. The average molecular weight is 274 g/mol. The van der Waals surface area contributed by atoms with Gasteiger partial charge in [-0.15, -0.1) is 0 Å². The molecule has 4 heteroatoms. The molecule has 0 saturated carbocycles. The van der Waals surface area contributed by atoms with E-state index in [0.29, 0.717) is 5.82 Å². The van der Waals surface area contributed by atoms with E-state index in [2.05, 4.69) is 9.97 Å². The number of hydrogen-bond acceptors (Lipinski definition) is 3. The molecule has 2 rings (SSSR count). The van der Waals surface area contributed by atoms with Gasteiger partial charge in [0.05, 0.1) is 6.10 Å². The van der Waals surface area contributed by atoms with Crippen LogP contribution in [-0.4, -0.2) is 15.1 Å². The number of rotatable bonds is 3. The van der Waals surface area contributed by atoms with E-state index in [1.807, 2.05) is 20.8 Å². The lowest BCUT2D eigenvalue weighted by atomic mass is 9.83. The third-order valence-electron chi connectivity index (χ3n) is 3.59. The van der Waals surface area contributed by atoms with Crippen molar-refractivity contribution < 1.29 is 9.50 Å². The fourth-order valence-electron chi connectivity index (χ4n) is 2.18. The zero-order chi connectivity index (χ0) is 14.9. The first-order valence-corrected chi connectivity index (χ1v) is 6.60. The van der Waals surface area contributed by atoms with Gasteiger partial charge in [0.15, 0.2) is 0 Å². The van der Waals surface area contributed by atoms with E-state index in [0.717, 1.165) is 16.8 Å². The van der Waals surface area contributed by atoms with Crippen LogP contribution >= 0.6 is 0 Å². The van der Waals surface area contributed by atoms with Crippen LogP contribution in [0.1, 0.15) is 49.5 Å². The molecule has 1 atom stereocenters. The third kappa shape index (κ3) is 2.70. The van der Waals surface area contributed by atoms with Gasteiger partial charge in [0.1, 0.15) is 11.6 Å². The van der Waals surface area contributed by atoms with Crippen molar-refractivity contribution in [1.82, 2.24) is 9.97 Å². The topological polar surface area (TPSA) is 46.0 Å². The van der Waals surface area contributed by atoms with Crippen molar-refractivity contribution >= 4 is 0 Å². The Bertz CT molecular complexity index is 606. The summed E-state index contributed by atoms with van der Waals surface area (Å²) in [7, 11) is 0. The molecule has 0 aliphatic rings. The molecular weight excluding hydrogens is 255 g/mol. The van der Waals surface area contributed by atoms with Crippen LogP contribution in [0.15, 0.2) is 30.5 Å². The SMILES string of the molecule is Cc1nc(C(C)(C)c2ccc(F)cc2)ncc1C(C)O. The van der Waals surface area contributed by atoms with Crippen molar-refractivity contribution in [3.05, 3.63) is 58.9 Å². The maximum Gasteiger partial charge on any atom is 0.138 e. The first-order valence-electron chi connectivity index (χ1n) is 6.60. The van der Waals surface area contributed by atoms with Crippen LogP contribution in [0.4, 0.5) is 4.39 Å². The number of aliphatic hydroxyl groups excluding tert-OH is 1. The standard InChI is InChI=1S/C16H19FN2O/c1-10-14(11(2)20)9-18-15(19-10)16(3,4)12-5-7-13(17)8-6-12/h5-9,11,20H,1-4H3. The molecule has 1 heterocycles. The highest BCUT2D eigenvalue weighted by atomic mass is 19.1. The highest BCUT2D eigenvalue weighted by molar-refractivity contribution is 5.32. The van der Waals surface area contributed by atoms with E-state index in [1.54, 1.807) is 25.3 Å². The monoisotopic (exact) mass is 274 g/mol. The van der Waals surface area contributed by atoms with Crippen molar-refractivity contribution in [2.24, 2.45) is 0 Å². The smallest absolute Gasteiger partial charge is 0.138 e.